The predicted molar refractivity (Wildman–Crippen MR) is 98.8 cm³/mol. The molecule has 1 aliphatic heterocycles. The second-order valence-corrected chi connectivity index (χ2v) is 12.8. The fourth-order valence-electron chi connectivity index (χ4n) is 2.36. The van der Waals surface area contributed by atoms with Gasteiger partial charge in [0, 0.05) is 19.3 Å². The van der Waals surface area contributed by atoms with E-state index < -0.39 is 8.32 Å². The monoisotopic (exact) mass is 370 g/mol. The van der Waals surface area contributed by atoms with Crippen LogP contribution in [-0.4, -0.2) is 54.8 Å². The molecule has 1 atom stereocenters. The number of hydrogen-bond acceptors (Lipinski definition) is 5. The van der Waals surface area contributed by atoms with Gasteiger partial charge in [-0.2, -0.15) is 0 Å². The van der Waals surface area contributed by atoms with Gasteiger partial charge in [0.25, 0.3) is 0 Å². The Balaban J connectivity index is 1.83. The normalized spacial score (nSPS) is 18.8. The first-order chi connectivity index (χ1) is 11.1. The molecule has 0 radical (unpaired) electrons. The number of halogens is 1. The van der Waals surface area contributed by atoms with Gasteiger partial charge in [-0.05, 0) is 42.2 Å². The third-order valence-electron chi connectivity index (χ3n) is 4.81. The Kier molecular flexibility index (Phi) is 5.88. The first kappa shape index (κ1) is 19.1. The highest BCUT2D eigenvalue weighted by Gasteiger charge is 2.40. The lowest BCUT2D eigenvalue weighted by molar-refractivity contribution is -0.128. The molecule has 8 heteroatoms. The van der Waals surface area contributed by atoms with E-state index in [4.69, 9.17) is 16.0 Å². The first-order valence-electron chi connectivity index (χ1n) is 8.26. The molecule has 2 heterocycles. The maximum Gasteiger partial charge on any atom is 0.242 e. The Morgan fingerprint density at radius 2 is 2.21 bits per heavy atom. The van der Waals surface area contributed by atoms with Crippen molar-refractivity contribution in [1.82, 2.24) is 14.9 Å². The molecular formula is C16H27ClN4O2Si. The molecule has 1 amide bonds. The molecule has 1 saturated heterocycles. The number of carbonyl (C=O) groups is 1. The van der Waals surface area contributed by atoms with Crippen molar-refractivity contribution in [3.63, 3.8) is 0 Å². The van der Waals surface area contributed by atoms with Gasteiger partial charge in [-0.15, -0.1) is 0 Å². The van der Waals surface area contributed by atoms with Gasteiger partial charge in [0.1, 0.15) is 5.82 Å². The SMILES string of the molecule is CC(C)(C)[Si](C)(C)O[C@H]1CCN(C(=O)CNc2ccnc(Cl)n2)C1. The van der Waals surface area contributed by atoms with Crippen LogP contribution in [0.3, 0.4) is 0 Å². The standard InChI is InChI=1S/C16H27ClN4O2Si/c1-16(2,3)24(4,5)23-12-7-9-21(11-12)14(22)10-19-13-6-8-18-15(17)20-13/h6,8,12H,7,9-11H2,1-5H3,(H,18,19,20)/t12-/m0/s1. The number of rotatable bonds is 5. The summed E-state index contributed by atoms with van der Waals surface area (Å²) in [6.45, 7) is 12.8. The van der Waals surface area contributed by atoms with Crippen LogP contribution in [0, 0.1) is 0 Å². The van der Waals surface area contributed by atoms with E-state index in [9.17, 15) is 4.79 Å². The summed E-state index contributed by atoms with van der Waals surface area (Å²) in [6.07, 6.45) is 2.60. The van der Waals surface area contributed by atoms with E-state index in [1.54, 1.807) is 12.3 Å². The van der Waals surface area contributed by atoms with Crippen LogP contribution in [0.1, 0.15) is 27.2 Å². The van der Waals surface area contributed by atoms with Gasteiger partial charge in [-0.3, -0.25) is 4.79 Å². The number of hydrogen-bond donors (Lipinski definition) is 1. The minimum atomic E-state index is -1.80. The Bertz CT molecular complexity index is 592. The molecule has 1 N–H and O–H groups in total. The lowest BCUT2D eigenvalue weighted by Gasteiger charge is -2.38. The number of anilines is 1. The number of aromatic nitrogens is 2. The molecule has 1 aromatic heterocycles. The molecule has 0 unspecified atom stereocenters. The molecule has 0 aromatic carbocycles. The largest absolute Gasteiger partial charge is 0.412 e. The van der Waals surface area contributed by atoms with Crippen molar-refractivity contribution < 1.29 is 9.22 Å². The van der Waals surface area contributed by atoms with Crippen molar-refractivity contribution in [1.29, 1.82) is 0 Å². The molecule has 0 spiro atoms. The molecule has 134 valence electrons. The zero-order chi connectivity index (χ0) is 18.0. The molecule has 6 nitrogen and oxygen atoms in total. The lowest BCUT2D eigenvalue weighted by atomic mass is 10.2. The zero-order valence-electron chi connectivity index (χ0n) is 15.1. The summed E-state index contributed by atoms with van der Waals surface area (Å²) in [5.74, 6) is 0.600. The molecular weight excluding hydrogens is 344 g/mol. The van der Waals surface area contributed by atoms with E-state index in [1.807, 2.05) is 4.90 Å². The van der Waals surface area contributed by atoms with Crippen LogP contribution in [0.15, 0.2) is 12.3 Å². The summed E-state index contributed by atoms with van der Waals surface area (Å²) in [5, 5.41) is 3.33. The van der Waals surface area contributed by atoms with Crippen molar-refractivity contribution in [2.75, 3.05) is 25.0 Å². The molecule has 2 rings (SSSR count). The van der Waals surface area contributed by atoms with Gasteiger partial charge in [-0.25, -0.2) is 9.97 Å². The Hall–Kier alpha value is -1.18. The number of amides is 1. The van der Waals surface area contributed by atoms with E-state index >= 15 is 0 Å². The molecule has 0 bridgehead atoms. The van der Waals surface area contributed by atoms with Gasteiger partial charge < -0.3 is 14.6 Å². The Labute approximate surface area is 150 Å². The average molecular weight is 371 g/mol. The molecule has 1 aromatic rings. The number of nitrogens with zero attached hydrogens (tertiary/aromatic N) is 3. The number of carbonyl (C=O) groups excluding carboxylic acids is 1. The average Bonchev–Trinajstić information content (AvgIpc) is 2.91. The minimum absolute atomic E-state index is 0.0473. The van der Waals surface area contributed by atoms with E-state index in [2.05, 4.69) is 49.1 Å². The third-order valence-corrected chi connectivity index (χ3v) is 9.53. The summed E-state index contributed by atoms with van der Waals surface area (Å²) in [7, 11) is -1.80. The van der Waals surface area contributed by atoms with Crippen molar-refractivity contribution >= 4 is 31.6 Å². The Morgan fingerprint density at radius 1 is 1.50 bits per heavy atom. The molecule has 0 aliphatic carbocycles. The van der Waals surface area contributed by atoms with Gasteiger partial charge in [0.05, 0.1) is 12.6 Å². The van der Waals surface area contributed by atoms with Crippen LogP contribution in [0.25, 0.3) is 0 Å². The van der Waals surface area contributed by atoms with Crippen LogP contribution in [0.2, 0.25) is 23.4 Å². The van der Waals surface area contributed by atoms with Crippen molar-refractivity contribution in [3.8, 4) is 0 Å². The van der Waals surface area contributed by atoms with Gasteiger partial charge in [0.15, 0.2) is 8.32 Å². The van der Waals surface area contributed by atoms with Gasteiger partial charge in [-0.1, -0.05) is 20.8 Å². The fourth-order valence-corrected chi connectivity index (χ4v) is 3.88. The smallest absolute Gasteiger partial charge is 0.242 e. The van der Waals surface area contributed by atoms with Gasteiger partial charge >= 0.3 is 0 Å². The van der Waals surface area contributed by atoms with Crippen LogP contribution >= 0.6 is 11.6 Å². The Morgan fingerprint density at radius 3 is 2.83 bits per heavy atom. The second kappa shape index (κ2) is 7.37. The minimum Gasteiger partial charge on any atom is -0.412 e. The number of likely N-dealkylation sites (tertiary alicyclic amines) is 1. The van der Waals surface area contributed by atoms with Crippen molar-refractivity contribution in [2.24, 2.45) is 0 Å². The fraction of sp³-hybridized carbons (Fsp3) is 0.688. The quantitative estimate of drug-likeness (QED) is 0.637. The summed E-state index contributed by atoms with van der Waals surface area (Å²) in [6, 6.07) is 1.69. The van der Waals surface area contributed by atoms with E-state index in [0.29, 0.717) is 12.4 Å². The maximum absolute atomic E-state index is 12.4. The van der Waals surface area contributed by atoms with Crippen molar-refractivity contribution in [2.45, 2.75) is 51.4 Å². The number of nitrogens with one attached hydrogen (secondary N) is 1. The second-order valence-electron chi connectivity index (χ2n) is 7.69. The van der Waals surface area contributed by atoms with E-state index in [1.165, 1.54) is 0 Å². The first-order valence-corrected chi connectivity index (χ1v) is 11.5. The highest BCUT2D eigenvalue weighted by Crippen LogP contribution is 2.38. The van der Waals surface area contributed by atoms with Gasteiger partial charge in [0.2, 0.25) is 11.2 Å². The predicted octanol–water partition coefficient (Wildman–Crippen LogP) is 3.16. The molecule has 1 aliphatic rings. The van der Waals surface area contributed by atoms with Crippen molar-refractivity contribution in [3.05, 3.63) is 17.5 Å². The van der Waals surface area contributed by atoms with Crippen LogP contribution in [0.4, 0.5) is 5.82 Å². The molecule has 1 fully saturated rings. The highest BCUT2D eigenvalue weighted by atomic mass is 35.5. The summed E-state index contributed by atoms with van der Waals surface area (Å²) >= 11 is 5.73. The summed E-state index contributed by atoms with van der Waals surface area (Å²) in [4.78, 5) is 22.0. The van der Waals surface area contributed by atoms with Crippen LogP contribution in [0.5, 0.6) is 0 Å². The molecule has 0 saturated carbocycles. The zero-order valence-corrected chi connectivity index (χ0v) is 16.9. The third kappa shape index (κ3) is 4.91. The summed E-state index contributed by atoms with van der Waals surface area (Å²) < 4.78 is 6.41. The van der Waals surface area contributed by atoms with Crippen LogP contribution in [-0.2, 0) is 9.22 Å². The molecule has 24 heavy (non-hydrogen) atoms. The van der Waals surface area contributed by atoms with E-state index in [0.717, 1.165) is 13.0 Å². The summed E-state index contributed by atoms with van der Waals surface area (Å²) in [5.41, 5.74) is 0. The van der Waals surface area contributed by atoms with E-state index in [-0.39, 0.29) is 28.9 Å². The topological polar surface area (TPSA) is 67.3 Å². The van der Waals surface area contributed by atoms with Crippen LogP contribution < -0.4 is 5.32 Å². The lowest BCUT2D eigenvalue weighted by Crippen LogP contribution is -2.45. The highest BCUT2D eigenvalue weighted by molar-refractivity contribution is 6.74. The maximum atomic E-state index is 12.4.